The molecule has 0 aromatic heterocycles. The highest BCUT2D eigenvalue weighted by Crippen LogP contribution is 2.27. The van der Waals surface area contributed by atoms with Gasteiger partial charge in [-0.2, -0.15) is 0 Å². The van der Waals surface area contributed by atoms with Crippen molar-refractivity contribution in [3.05, 3.63) is 35.9 Å². The van der Waals surface area contributed by atoms with Gasteiger partial charge >= 0.3 is 0 Å². The standard InChI is InChI=1S/C12H15F2N/c13-9-12(14)6-7-15(10-12)8-11-4-2-1-3-5-11/h1-5H,6-10H2/t12-/m0/s1. The topological polar surface area (TPSA) is 3.24 Å². The van der Waals surface area contributed by atoms with Crippen molar-refractivity contribution in [2.75, 3.05) is 19.8 Å². The highest BCUT2D eigenvalue weighted by Gasteiger charge is 2.38. The minimum atomic E-state index is -1.60. The average molecular weight is 211 g/mol. The number of alkyl halides is 2. The lowest BCUT2D eigenvalue weighted by atomic mass is 10.1. The van der Waals surface area contributed by atoms with E-state index in [9.17, 15) is 8.78 Å². The summed E-state index contributed by atoms with van der Waals surface area (Å²) in [7, 11) is 0. The molecule has 82 valence electrons. The van der Waals surface area contributed by atoms with Crippen LogP contribution in [0, 0.1) is 0 Å². The van der Waals surface area contributed by atoms with Crippen LogP contribution in [0.3, 0.4) is 0 Å². The van der Waals surface area contributed by atoms with Gasteiger partial charge < -0.3 is 0 Å². The van der Waals surface area contributed by atoms with Crippen molar-refractivity contribution in [1.29, 1.82) is 0 Å². The molecule has 0 unspecified atom stereocenters. The molecule has 1 aromatic rings. The molecule has 1 aliphatic rings. The normalized spacial score (nSPS) is 27.1. The van der Waals surface area contributed by atoms with Gasteiger partial charge in [0, 0.05) is 19.6 Å². The molecule has 15 heavy (non-hydrogen) atoms. The van der Waals surface area contributed by atoms with Crippen molar-refractivity contribution in [2.24, 2.45) is 0 Å². The Hall–Kier alpha value is -0.960. The monoisotopic (exact) mass is 211 g/mol. The van der Waals surface area contributed by atoms with E-state index >= 15 is 0 Å². The van der Waals surface area contributed by atoms with Crippen LogP contribution in [0.2, 0.25) is 0 Å². The Morgan fingerprint density at radius 1 is 1.27 bits per heavy atom. The van der Waals surface area contributed by atoms with Crippen LogP contribution in [0.1, 0.15) is 12.0 Å². The van der Waals surface area contributed by atoms with Gasteiger partial charge in [0.05, 0.1) is 0 Å². The summed E-state index contributed by atoms with van der Waals surface area (Å²) in [4.78, 5) is 1.97. The second-order valence-electron chi connectivity index (χ2n) is 4.23. The number of hydrogen-bond donors (Lipinski definition) is 0. The quantitative estimate of drug-likeness (QED) is 0.742. The Morgan fingerprint density at radius 2 is 2.00 bits per heavy atom. The van der Waals surface area contributed by atoms with Crippen molar-refractivity contribution in [2.45, 2.75) is 18.6 Å². The van der Waals surface area contributed by atoms with Gasteiger partial charge in [0.15, 0.2) is 5.67 Å². The summed E-state index contributed by atoms with van der Waals surface area (Å²) in [5.74, 6) is 0. The van der Waals surface area contributed by atoms with E-state index in [1.807, 2.05) is 35.2 Å². The van der Waals surface area contributed by atoms with Crippen LogP contribution in [0.25, 0.3) is 0 Å². The Balaban J connectivity index is 1.93. The minimum Gasteiger partial charge on any atom is -0.296 e. The molecule has 0 N–H and O–H groups in total. The van der Waals surface area contributed by atoms with Gasteiger partial charge in [0.1, 0.15) is 6.67 Å². The van der Waals surface area contributed by atoms with Crippen LogP contribution in [0.4, 0.5) is 8.78 Å². The van der Waals surface area contributed by atoms with Crippen LogP contribution >= 0.6 is 0 Å². The third kappa shape index (κ3) is 2.53. The number of likely N-dealkylation sites (tertiary alicyclic amines) is 1. The van der Waals surface area contributed by atoms with Gasteiger partial charge in [0.2, 0.25) is 0 Å². The molecule has 0 bridgehead atoms. The van der Waals surface area contributed by atoms with E-state index in [1.54, 1.807) is 0 Å². The molecule has 0 spiro atoms. The first kappa shape index (κ1) is 10.6. The number of hydrogen-bond acceptors (Lipinski definition) is 1. The van der Waals surface area contributed by atoms with Crippen LogP contribution in [0.15, 0.2) is 30.3 Å². The minimum absolute atomic E-state index is 0.221. The summed E-state index contributed by atoms with van der Waals surface area (Å²) in [6.45, 7) is 0.721. The van der Waals surface area contributed by atoms with Gasteiger partial charge in [-0.15, -0.1) is 0 Å². The van der Waals surface area contributed by atoms with Crippen LogP contribution in [-0.4, -0.2) is 30.3 Å². The lowest BCUT2D eigenvalue weighted by Gasteiger charge is -2.17. The molecule has 1 saturated heterocycles. The van der Waals surface area contributed by atoms with Crippen molar-refractivity contribution >= 4 is 0 Å². The summed E-state index contributed by atoms with van der Waals surface area (Å²) in [6.07, 6.45) is 0.316. The molecular formula is C12H15F2N. The summed E-state index contributed by atoms with van der Waals surface area (Å²) in [6, 6.07) is 9.89. The second-order valence-corrected chi connectivity index (χ2v) is 4.23. The smallest absolute Gasteiger partial charge is 0.153 e. The number of nitrogens with zero attached hydrogens (tertiary/aromatic N) is 1. The fourth-order valence-corrected chi connectivity index (χ4v) is 2.00. The number of rotatable bonds is 3. The molecule has 0 radical (unpaired) electrons. The molecule has 1 atom stereocenters. The van der Waals surface area contributed by atoms with E-state index < -0.39 is 12.3 Å². The summed E-state index contributed by atoms with van der Waals surface area (Å²) in [5.41, 5.74) is -0.449. The van der Waals surface area contributed by atoms with Crippen molar-refractivity contribution in [3.8, 4) is 0 Å². The largest absolute Gasteiger partial charge is 0.296 e. The van der Waals surface area contributed by atoms with Crippen molar-refractivity contribution in [1.82, 2.24) is 4.90 Å². The zero-order valence-electron chi connectivity index (χ0n) is 8.63. The summed E-state index contributed by atoms with van der Waals surface area (Å²) >= 11 is 0. The molecule has 1 aromatic carbocycles. The highest BCUT2D eigenvalue weighted by atomic mass is 19.2. The zero-order valence-corrected chi connectivity index (χ0v) is 8.63. The molecular weight excluding hydrogens is 196 g/mol. The fraction of sp³-hybridized carbons (Fsp3) is 0.500. The maximum atomic E-state index is 13.6. The Morgan fingerprint density at radius 3 is 2.60 bits per heavy atom. The molecule has 1 fully saturated rings. The predicted octanol–water partition coefficient (Wildman–Crippen LogP) is 2.57. The fourth-order valence-electron chi connectivity index (χ4n) is 2.00. The molecule has 1 nitrogen and oxygen atoms in total. The van der Waals surface area contributed by atoms with E-state index in [0.29, 0.717) is 19.5 Å². The van der Waals surface area contributed by atoms with Gasteiger partial charge in [-0.1, -0.05) is 30.3 Å². The number of benzene rings is 1. The van der Waals surface area contributed by atoms with E-state index in [2.05, 4.69) is 0 Å². The van der Waals surface area contributed by atoms with E-state index in [-0.39, 0.29) is 6.54 Å². The third-order valence-corrected chi connectivity index (χ3v) is 2.87. The third-order valence-electron chi connectivity index (χ3n) is 2.87. The SMILES string of the molecule is FC[C@@]1(F)CCN(Cc2ccccc2)C1. The first-order valence-corrected chi connectivity index (χ1v) is 5.23. The van der Waals surface area contributed by atoms with E-state index in [0.717, 1.165) is 5.56 Å². The number of halogens is 2. The average Bonchev–Trinajstić information content (AvgIpc) is 2.63. The first-order valence-electron chi connectivity index (χ1n) is 5.23. The van der Waals surface area contributed by atoms with Crippen molar-refractivity contribution < 1.29 is 8.78 Å². The summed E-state index contributed by atoms with van der Waals surface area (Å²) < 4.78 is 26.0. The maximum absolute atomic E-state index is 13.6. The van der Waals surface area contributed by atoms with Crippen LogP contribution < -0.4 is 0 Å². The van der Waals surface area contributed by atoms with Crippen molar-refractivity contribution in [3.63, 3.8) is 0 Å². The van der Waals surface area contributed by atoms with Crippen LogP contribution in [-0.2, 0) is 6.54 Å². The lowest BCUT2D eigenvalue weighted by Crippen LogP contribution is -2.30. The summed E-state index contributed by atoms with van der Waals surface area (Å²) in [5, 5.41) is 0. The van der Waals surface area contributed by atoms with Gasteiger partial charge in [0.25, 0.3) is 0 Å². The van der Waals surface area contributed by atoms with Gasteiger partial charge in [-0.25, -0.2) is 8.78 Å². The van der Waals surface area contributed by atoms with E-state index in [4.69, 9.17) is 0 Å². The Kier molecular flexibility index (Phi) is 3.00. The highest BCUT2D eigenvalue weighted by molar-refractivity contribution is 5.14. The molecule has 0 aliphatic carbocycles. The first-order chi connectivity index (χ1) is 7.22. The molecule has 2 rings (SSSR count). The second kappa shape index (κ2) is 4.27. The molecule has 3 heteroatoms. The molecule has 0 amide bonds. The predicted molar refractivity (Wildman–Crippen MR) is 56.2 cm³/mol. The Bertz CT molecular complexity index is 315. The van der Waals surface area contributed by atoms with E-state index in [1.165, 1.54) is 0 Å². The van der Waals surface area contributed by atoms with Gasteiger partial charge in [-0.05, 0) is 12.0 Å². The maximum Gasteiger partial charge on any atom is 0.153 e. The molecule has 0 saturated carbocycles. The van der Waals surface area contributed by atoms with Gasteiger partial charge in [-0.3, -0.25) is 4.90 Å². The Labute approximate surface area is 88.7 Å². The molecule has 1 heterocycles. The lowest BCUT2D eigenvalue weighted by molar-refractivity contribution is 0.124. The molecule has 1 aliphatic heterocycles. The zero-order chi connectivity index (χ0) is 10.7. The van der Waals surface area contributed by atoms with Crippen LogP contribution in [0.5, 0.6) is 0 Å².